The molecule has 95 heavy (non-hydrogen) atoms. The second-order valence-electron chi connectivity index (χ2n) is 25.8. The number of rotatable bonds is 81. The van der Waals surface area contributed by atoms with Crippen molar-refractivity contribution in [2.75, 3.05) is 26.0 Å². The number of hydrogen-bond donors (Lipinski definition) is 2. The van der Waals surface area contributed by atoms with Crippen LogP contribution in [-0.4, -0.2) is 41.4 Å². The van der Waals surface area contributed by atoms with E-state index in [0.29, 0.717) is 6.42 Å². The fourth-order valence-corrected chi connectivity index (χ4v) is 12.3. The highest BCUT2D eigenvalue weighted by molar-refractivity contribution is 7.52. The lowest BCUT2D eigenvalue weighted by Gasteiger charge is -2.23. The second kappa shape index (κ2) is 72.7. The molecule has 0 spiro atoms. The maximum absolute atomic E-state index is 12.1. The average Bonchev–Trinajstić information content (AvgIpc) is 1.69. The first-order valence-corrected chi connectivity index (χ1v) is 38.6. The van der Waals surface area contributed by atoms with E-state index in [4.69, 9.17) is 13.6 Å². The van der Waals surface area contributed by atoms with E-state index < -0.39 is 27.6 Å². The number of allylic oxidation sites excluding steroid dienone is 1. The van der Waals surface area contributed by atoms with Crippen LogP contribution in [0.2, 0.25) is 0 Å². The summed E-state index contributed by atoms with van der Waals surface area (Å²) >= 11 is 0. The number of hydrogen-bond acceptors (Lipinski definition) is 29. The van der Waals surface area contributed by atoms with Gasteiger partial charge in [-0.1, -0.05) is 316 Å². The Morgan fingerprint density at radius 2 is 0.474 bits per heavy atom. The summed E-state index contributed by atoms with van der Waals surface area (Å²) in [6.07, 6.45) is 66.7. The quantitative estimate of drug-likeness (QED) is 0.0188. The molecule has 0 radical (unpaired) electrons. The summed E-state index contributed by atoms with van der Waals surface area (Å²) < 4.78 is 39.2. The minimum absolute atomic E-state index is 0.0790. The molecule has 0 aromatic carbocycles. The minimum atomic E-state index is -4.29. The molecule has 2 unspecified atom stereocenters. The summed E-state index contributed by atoms with van der Waals surface area (Å²) in [7, 11) is -7.73. The van der Waals surface area contributed by atoms with E-state index in [1.807, 2.05) is 41.5 Å². The fraction of sp³-hybridized carbons (Fsp3) is 0.968. The van der Waals surface area contributed by atoms with Crippen molar-refractivity contribution in [2.24, 2.45) is 5.41 Å². The van der Waals surface area contributed by atoms with Gasteiger partial charge in [0.25, 0.3) is 0 Å². The average molecular weight is 1430 g/mol. The molecule has 33 heteroatoms. The topological polar surface area (TPSA) is 324 Å². The third kappa shape index (κ3) is 85.2. The molecule has 2 N–H and O–H groups in total. The van der Waals surface area contributed by atoms with Crippen LogP contribution in [0.1, 0.15) is 350 Å². The minimum Gasteiger partial charge on any atom is -0.324 e. The lowest BCUT2D eigenvalue weighted by atomic mass is 9.97. The van der Waals surface area contributed by atoms with Gasteiger partial charge in [-0.2, -0.15) is 0 Å². The fourth-order valence-electron chi connectivity index (χ4n) is 9.97. The summed E-state index contributed by atoms with van der Waals surface area (Å²) in [6, 6.07) is 0. The van der Waals surface area contributed by atoms with E-state index in [2.05, 4.69) is 121 Å². The Morgan fingerprint density at radius 1 is 0.263 bits per heavy atom. The molecule has 0 aromatic rings. The van der Waals surface area contributed by atoms with E-state index in [1.165, 1.54) is 270 Å². The molecule has 0 saturated carbocycles. The molecule has 0 heterocycles. The molecular formula is C62H126O31P2. The van der Waals surface area contributed by atoms with Crippen molar-refractivity contribution >= 4 is 15.4 Å². The second-order valence-corrected chi connectivity index (χ2v) is 29.1. The molecule has 0 aliphatic rings. The standard InChI is InChI=1S/C62H126O31P2/c1-61(2,3)55-57-67-72-74-76-78-80-82-84-86-88-90-92-93-91-89-87-85-83-81-79-77-75-73-68-58-59-70-95(65,66)69-56-53-51-49-47-45-43-41-39-37-35-33-31-29-27-25-23-21-19-17-15-13-11-9-7-8-10-12-14-16-18-20-22-24-26-28-30-32-34-36-38-40-42-44-46-48-50-52-54-60-94(63,64)71-62(4,5)6/h55,57H,7-54,56,58-60H2,1-6H3,(H,63,64)(H,65,66)/b57-55-. The van der Waals surface area contributed by atoms with Crippen molar-refractivity contribution < 1.29 is 153 Å². The van der Waals surface area contributed by atoms with Gasteiger partial charge in [-0.05, 0) is 85.4 Å². The Kier molecular flexibility index (Phi) is 71.8. The lowest BCUT2D eigenvalue weighted by Crippen LogP contribution is -2.18. The first-order chi connectivity index (χ1) is 46.1. The molecule has 0 aliphatic heterocycles. The molecule has 0 aliphatic carbocycles. The SMILES string of the molecule is CC(C)(C)/C=C\OOOOOOOOOOOOOOOOOOOOOOOOCCOP(=O)(O)OCCCCCCCCCCCCCCCCCCCCCCCCCCCCCCCCCCCCCCCCCCCCCCCCCCP(=O)(O)OC(C)(C)C. The van der Waals surface area contributed by atoms with Crippen LogP contribution in [0.5, 0.6) is 0 Å². The maximum atomic E-state index is 12.1. The van der Waals surface area contributed by atoms with Crippen LogP contribution in [0.15, 0.2) is 12.3 Å². The van der Waals surface area contributed by atoms with Crippen molar-refractivity contribution in [1.82, 2.24) is 0 Å². The molecular weight excluding hydrogens is 1300 g/mol. The maximum Gasteiger partial charge on any atom is 0.472 e. The highest BCUT2D eigenvalue weighted by Crippen LogP contribution is 2.47. The molecule has 2 atom stereocenters. The van der Waals surface area contributed by atoms with Crippen molar-refractivity contribution in [3.63, 3.8) is 0 Å². The Hall–Kier alpha value is -1.12. The third-order valence-corrected chi connectivity index (χ3v) is 17.5. The normalized spacial score (nSPS) is 13.6. The highest BCUT2D eigenvalue weighted by atomic mass is 31.2. The van der Waals surface area contributed by atoms with Gasteiger partial charge in [-0.3, -0.25) is 13.6 Å². The van der Waals surface area contributed by atoms with Crippen LogP contribution >= 0.6 is 15.4 Å². The van der Waals surface area contributed by atoms with E-state index in [1.54, 1.807) is 6.08 Å². The highest BCUT2D eigenvalue weighted by Gasteiger charge is 2.26. The van der Waals surface area contributed by atoms with Crippen molar-refractivity contribution in [1.29, 1.82) is 0 Å². The Morgan fingerprint density at radius 3 is 0.716 bits per heavy atom. The monoisotopic (exact) mass is 1430 g/mol. The first-order valence-electron chi connectivity index (χ1n) is 35.4. The predicted octanol–water partition coefficient (Wildman–Crippen LogP) is 20.8. The van der Waals surface area contributed by atoms with Gasteiger partial charge >= 0.3 is 15.4 Å². The summed E-state index contributed by atoms with van der Waals surface area (Å²) in [6.45, 7) is 10.5. The summed E-state index contributed by atoms with van der Waals surface area (Å²) in [5.74, 6) is 0. The predicted molar refractivity (Wildman–Crippen MR) is 338 cm³/mol. The van der Waals surface area contributed by atoms with E-state index >= 15 is 0 Å². The van der Waals surface area contributed by atoms with Gasteiger partial charge in [-0.15, -0.1) is 0 Å². The van der Waals surface area contributed by atoms with Crippen molar-refractivity contribution in [3.8, 4) is 0 Å². The Bertz CT molecular complexity index is 1660. The molecule has 31 nitrogen and oxygen atoms in total. The zero-order valence-corrected chi connectivity index (χ0v) is 60.3. The first kappa shape index (κ1) is 93.9. The van der Waals surface area contributed by atoms with Gasteiger partial charge in [0.15, 0.2) is 0 Å². The van der Waals surface area contributed by atoms with Gasteiger partial charge in [0.1, 0.15) is 12.9 Å². The van der Waals surface area contributed by atoms with Gasteiger partial charge in [0, 0.05) is 70.5 Å². The van der Waals surface area contributed by atoms with E-state index in [9.17, 15) is 18.9 Å². The van der Waals surface area contributed by atoms with Crippen LogP contribution in [0.25, 0.3) is 0 Å². The van der Waals surface area contributed by atoms with Crippen molar-refractivity contribution in [3.05, 3.63) is 12.3 Å². The van der Waals surface area contributed by atoms with Crippen LogP contribution in [0.4, 0.5) is 0 Å². The van der Waals surface area contributed by atoms with E-state index in [0.717, 1.165) is 38.5 Å². The molecule has 0 bridgehead atoms. The molecule has 0 amide bonds. The van der Waals surface area contributed by atoms with Crippen LogP contribution in [0, 0.1) is 5.41 Å². The van der Waals surface area contributed by atoms with Gasteiger partial charge in [0.2, 0.25) is 0 Å². The van der Waals surface area contributed by atoms with E-state index in [-0.39, 0.29) is 24.8 Å². The van der Waals surface area contributed by atoms with Gasteiger partial charge in [-0.25, -0.2) is 9.45 Å². The van der Waals surface area contributed by atoms with Crippen molar-refractivity contribution in [2.45, 2.75) is 355 Å². The lowest BCUT2D eigenvalue weighted by molar-refractivity contribution is -0.899. The molecule has 0 aromatic heterocycles. The number of unbranched alkanes of at least 4 members (excludes halogenated alkanes) is 47. The van der Waals surface area contributed by atoms with Crippen LogP contribution in [0.3, 0.4) is 0 Å². The molecule has 0 saturated heterocycles. The molecule has 0 fully saturated rings. The van der Waals surface area contributed by atoms with Crippen LogP contribution in [-0.2, 0) is 143 Å². The summed E-state index contributed by atoms with van der Waals surface area (Å²) in [5, 5.41) is 82.0. The molecule has 0 rings (SSSR count). The third-order valence-electron chi connectivity index (χ3n) is 14.7. The van der Waals surface area contributed by atoms with Gasteiger partial charge < -0.3 is 19.2 Å². The Labute approximate surface area is 565 Å². The van der Waals surface area contributed by atoms with Gasteiger partial charge in [0.05, 0.1) is 25.0 Å². The smallest absolute Gasteiger partial charge is 0.324 e. The zero-order valence-electron chi connectivity index (χ0n) is 58.6. The largest absolute Gasteiger partial charge is 0.472 e. The number of phosphoric ester groups is 1. The summed E-state index contributed by atoms with van der Waals surface area (Å²) in [5.41, 5.74) is -0.727. The van der Waals surface area contributed by atoms with Crippen LogP contribution < -0.4 is 0 Å². The molecule has 570 valence electrons. The summed E-state index contributed by atoms with van der Waals surface area (Å²) in [4.78, 5) is 28.6. The Balaban J connectivity index is 3.22. The zero-order chi connectivity index (χ0) is 69.3. The number of phosphoric acid groups is 1.